The Morgan fingerprint density at radius 1 is 1.42 bits per heavy atom. The van der Waals surface area contributed by atoms with Gasteiger partial charge in [-0.15, -0.1) is 0 Å². The second kappa shape index (κ2) is 6.01. The van der Waals surface area contributed by atoms with Crippen LogP contribution in [0.5, 0.6) is 0 Å². The normalized spacial score (nSPS) is 13.1. The molecule has 1 aromatic rings. The number of aromatic nitrogens is 2. The number of rotatable bonds is 6. The van der Waals surface area contributed by atoms with Gasteiger partial charge in [0, 0.05) is 6.04 Å². The lowest BCUT2D eigenvalue weighted by atomic mass is 10.1. The number of hydrogen-bond donors (Lipinski definition) is 2. The molecular weight excluding hydrogens is 248 g/mol. The molecule has 0 radical (unpaired) electrons. The summed E-state index contributed by atoms with van der Waals surface area (Å²) in [6.45, 7) is 9.24. The molecule has 0 spiro atoms. The fraction of sp³-hybridized carbons (Fsp3) is 0.750. The average Bonchev–Trinajstić information content (AvgIpc) is 2.62. The van der Waals surface area contributed by atoms with Crippen molar-refractivity contribution in [1.82, 2.24) is 9.78 Å². The van der Waals surface area contributed by atoms with Crippen LogP contribution in [0.4, 0.5) is 11.5 Å². The number of nitrogens with zero attached hydrogens (tertiary/aromatic N) is 3. The number of nitrogens with one attached hydrogen (secondary N) is 1. The fourth-order valence-corrected chi connectivity index (χ4v) is 1.86. The second-order valence-corrected chi connectivity index (χ2v) is 5.26. The average molecular weight is 270 g/mol. The summed E-state index contributed by atoms with van der Waals surface area (Å²) in [4.78, 5) is 10.7. The number of aliphatic hydroxyl groups is 1. The third-order valence-corrected chi connectivity index (χ3v) is 3.05. The molecule has 1 heterocycles. The first-order valence-corrected chi connectivity index (χ1v) is 6.40. The van der Waals surface area contributed by atoms with Crippen LogP contribution in [-0.2, 0) is 0 Å². The standard InChI is InChI=1S/C12H22N4O3/c1-7(2)10(6-17)13-12-11(16(18)19)9(5)14-15(12)8(3)4/h7-8,10,13,17H,6H2,1-5H3. The molecule has 0 amide bonds. The molecule has 1 rings (SSSR count). The van der Waals surface area contributed by atoms with Gasteiger partial charge in [0.15, 0.2) is 0 Å². The number of nitro groups is 1. The van der Waals surface area contributed by atoms with Gasteiger partial charge in [0.2, 0.25) is 5.82 Å². The molecule has 7 nitrogen and oxygen atoms in total. The smallest absolute Gasteiger partial charge is 0.333 e. The molecule has 0 saturated carbocycles. The molecule has 0 aliphatic rings. The first-order valence-electron chi connectivity index (χ1n) is 6.40. The van der Waals surface area contributed by atoms with Gasteiger partial charge in [-0.05, 0) is 26.7 Å². The molecule has 1 unspecified atom stereocenters. The summed E-state index contributed by atoms with van der Waals surface area (Å²) < 4.78 is 1.60. The Labute approximate surface area is 112 Å². The van der Waals surface area contributed by atoms with Gasteiger partial charge in [-0.2, -0.15) is 5.10 Å². The van der Waals surface area contributed by atoms with Gasteiger partial charge in [0.25, 0.3) is 0 Å². The lowest BCUT2D eigenvalue weighted by Gasteiger charge is -2.22. The van der Waals surface area contributed by atoms with Crippen molar-refractivity contribution in [3.63, 3.8) is 0 Å². The van der Waals surface area contributed by atoms with E-state index in [1.807, 2.05) is 27.7 Å². The largest absolute Gasteiger partial charge is 0.394 e. The van der Waals surface area contributed by atoms with E-state index in [4.69, 9.17) is 0 Å². The van der Waals surface area contributed by atoms with Crippen LogP contribution in [0.2, 0.25) is 0 Å². The quantitative estimate of drug-likeness (QED) is 0.610. The summed E-state index contributed by atoms with van der Waals surface area (Å²) in [5.41, 5.74) is 0.356. The minimum atomic E-state index is -0.432. The van der Waals surface area contributed by atoms with E-state index in [1.54, 1.807) is 11.6 Å². The molecule has 1 aromatic heterocycles. The van der Waals surface area contributed by atoms with Crippen molar-refractivity contribution in [3.05, 3.63) is 15.8 Å². The Kier molecular flexibility index (Phi) is 4.88. The number of hydrogen-bond acceptors (Lipinski definition) is 5. The van der Waals surface area contributed by atoms with Crippen molar-refractivity contribution in [2.24, 2.45) is 5.92 Å². The molecule has 0 saturated heterocycles. The molecule has 0 aliphatic heterocycles. The van der Waals surface area contributed by atoms with Gasteiger partial charge in [-0.1, -0.05) is 13.8 Å². The minimum Gasteiger partial charge on any atom is -0.394 e. The van der Waals surface area contributed by atoms with Crippen LogP contribution >= 0.6 is 0 Å². The van der Waals surface area contributed by atoms with Crippen molar-refractivity contribution in [3.8, 4) is 0 Å². The van der Waals surface area contributed by atoms with Crippen LogP contribution in [0.25, 0.3) is 0 Å². The van der Waals surface area contributed by atoms with E-state index in [-0.39, 0.29) is 30.3 Å². The molecule has 19 heavy (non-hydrogen) atoms. The van der Waals surface area contributed by atoms with E-state index < -0.39 is 4.92 Å². The molecule has 108 valence electrons. The van der Waals surface area contributed by atoms with E-state index in [0.717, 1.165) is 0 Å². The summed E-state index contributed by atoms with van der Waals surface area (Å²) in [5, 5.41) is 27.8. The van der Waals surface area contributed by atoms with Crippen molar-refractivity contribution >= 4 is 11.5 Å². The molecule has 0 aliphatic carbocycles. The van der Waals surface area contributed by atoms with Crippen LogP contribution in [-0.4, -0.2) is 32.5 Å². The Bertz CT molecular complexity index is 454. The monoisotopic (exact) mass is 270 g/mol. The predicted molar refractivity (Wildman–Crippen MR) is 73.3 cm³/mol. The Balaban J connectivity index is 3.25. The van der Waals surface area contributed by atoms with Crippen molar-refractivity contribution in [2.75, 3.05) is 11.9 Å². The highest BCUT2D eigenvalue weighted by Gasteiger charge is 2.28. The molecule has 0 fully saturated rings. The highest BCUT2D eigenvalue weighted by Crippen LogP contribution is 2.31. The Hall–Kier alpha value is -1.63. The fourth-order valence-electron chi connectivity index (χ4n) is 1.86. The number of aryl methyl sites for hydroxylation is 1. The molecule has 2 N–H and O–H groups in total. The van der Waals surface area contributed by atoms with Crippen molar-refractivity contribution < 1.29 is 10.0 Å². The van der Waals surface area contributed by atoms with Crippen molar-refractivity contribution in [1.29, 1.82) is 0 Å². The van der Waals surface area contributed by atoms with Crippen LogP contribution < -0.4 is 5.32 Å². The summed E-state index contributed by atoms with van der Waals surface area (Å²) in [6.07, 6.45) is 0. The Morgan fingerprint density at radius 3 is 2.37 bits per heavy atom. The zero-order valence-corrected chi connectivity index (χ0v) is 12.0. The maximum atomic E-state index is 11.2. The highest BCUT2D eigenvalue weighted by molar-refractivity contribution is 5.60. The van der Waals surface area contributed by atoms with Gasteiger partial charge >= 0.3 is 5.69 Å². The molecule has 7 heteroatoms. The number of aliphatic hydroxyl groups excluding tert-OH is 1. The molecule has 0 bridgehead atoms. The first-order chi connectivity index (χ1) is 8.79. The summed E-state index contributed by atoms with van der Waals surface area (Å²) in [5.74, 6) is 0.519. The van der Waals surface area contributed by atoms with E-state index in [0.29, 0.717) is 11.5 Å². The van der Waals surface area contributed by atoms with E-state index in [2.05, 4.69) is 10.4 Å². The second-order valence-electron chi connectivity index (χ2n) is 5.26. The molecule has 1 atom stereocenters. The SMILES string of the molecule is Cc1nn(C(C)C)c(NC(CO)C(C)C)c1[N+](=O)[O-]. The van der Waals surface area contributed by atoms with Gasteiger partial charge < -0.3 is 10.4 Å². The van der Waals surface area contributed by atoms with Crippen LogP contribution in [0.1, 0.15) is 39.4 Å². The van der Waals surface area contributed by atoms with Gasteiger partial charge in [-0.25, -0.2) is 4.68 Å². The lowest BCUT2D eigenvalue weighted by Crippen LogP contribution is -2.31. The van der Waals surface area contributed by atoms with E-state index in [1.165, 1.54) is 0 Å². The number of anilines is 1. The summed E-state index contributed by atoms with van der Waals surface area (Å²) in [6, 6.07) is -0.242. The van der Waals surface area contributed by atoms with Crippen molar-refractivity contribution in [2.45, 2.75) is 46.7 Å². The summed E-state index contributed by atoms with van der Waals surface area (Å²) in [7, 11) is 0. The third-order valence-electron chi connectivity index (χ3n) is 3.05. The zero-order chi connectivity index (χ0) is 14.7. The van der Waals surface area contributed by atoms with Gasteiger partial charge in [-0.3, -0.25) is 10.1 Å². The van der Waals surface area contributed by atoms with Gasteiger partial charge in [0.1, 0.15) is 5.69 Å². The zero-order valence-electron chi connectivity index (χ0n) is 12.0. The van der Waals surface area contributed by atoms with Crippen LogP contribution in [0.3, 0.4) is 0 Å². The first kappa shape index (κ1) is 15.4. The lowest BCUT2D eigenvalue weighted by molar-refractivity contribution is -0.384. The van der Waals surface area contributed by atoms with E-state index in [9.17, 15) is 15.2 Å². The highest BCUT2D eigenvalue weighted by atomic mass is 16.6. The van der Waals surface area contributed by atoms with Crippen LogP contribution in [0.15, 0.2) is 0 Å². The maximum Gasteiger partial charge on any atom is 0.333 e. The molecule has 0 aromatic carbocycles. The van der Waals surface area contributed by atoms with Gasteiger partial charge in [0.05, 0.1) is 17.6 Å². The minimum absolute atomic E-state index is 0.00130. The topological polar surface area (TPSA) is 93.2 Å². The van der Waals surface area contributed by atoms with Crippen LogP contribution in [0, 0.1) is 23.0 Å². The third kappa shape index (κ3) is 3.23. The van der Waals surface area contributed by atoms with E-state index >= 15 is 0 Å². The molecular formula is C12H22N4O3. The maximum absolute atomic E-state index is 11.2. The predicted octanol–water partition coefficient (Wildman–Crippen LogP) is 2.11. The summed E-state index contributed by atoms with van der Waals surface area (Å²) >= 11 is 0. The Morgan fingerprint density at radius 2 is 2.00 bits per heavy atom.